The summed E-state index contributed by atoms with van der Waals surface area (Å²) in [7, 11) is 1.56. The number of amides is 1. The predicted molar refractivity (Wildman–Crippen MR) is 81.7 cm³/mol. The molecule has 21 heavy (non-hydrogen) atoms. The molecule has 0 saturated carbocycles. The van der Waals surface area contributed by atoms with Gasteiger partial charge in [0.05, 0.1) is 5.52 Å². The average Bonchev–Trinajstić information content (AvgIpc) is 2.50. The quantitative estimate of drug-likeness (QED) is 0.666. The lowest BCUT2D eigenvalue weighted by Gasteiger charge is -2.10. The Labute approximate surface area is 121 Å². The van der Waals surface area contributed by atoms with Crippen LogP contribution in [0.5, 0.6) is 5.75 Å². The number of nitrogens with one attached hydrogen (secondary N) is 1. The van der Waals surface area contributed by atoms with Crippen molar-refractivity contribution in [1.29, 1.82) is 0 Å². The minimum atomic E-state index is -0.716. The topological polar surface area (TPSA) is 83.7 Å². The highest BCUT2D eigenvalue weighted by atomic mass is 16.3. The molecule has 6 heteroatoms. The third-order valence-electron chi connectivity index (χ3n) is 3.36. The first-order valence-corrected chi connectivity index (χ1v) is 6.61. The molecule has 0 radical (unpaired) electrons. The van der Waals surface area contributed by atoms with E-state index >= 15 is 0 Å². The van der Waals surface area contributed by atoms with Crippen LogP contribution in [0.4, 0.5) is 0 Å². The molecule has 2 rings (SSSR count). The summed E-state index contributed by atoms with van der Waals surface area (Å²) in [5, 5.41) is 14.5. The Bertz CT molecular complexity index is 791. The van der Waals surface area contributed by atoms with Gasteiger partial charge in [-0.25, -0.2) is 5.43 Å². The molecule has 110 valence electrons. The van der Waals surface area contributed by atoms with E-state index in [1.165, 1.54) is 4.57 Å². The van der Waals surface area contributed by atoms with Gasteiger partial charge in [0.2, 0.25) is 0 Å². The molecule has 0 unspecified atom stereocenters. The number of pyridine rings is 1. The fourth-order valence-corrected chi connectivity index (χ4v) is 1.97. The number of aromatic hydroxyl groups is 1. The monoisotopic (exact) mass is 287 g/mol. The highest BCUT2D eigenvalue weighted by Crippen LogP contribution is 2.25. The van der Waals surface area contributed by atoms with Crippen molar-refractivity contribution in [3.05, 3.63) is 40.2 Å². The first kappa shape index (κ1) is 14.8. The number of aryl methyl sites for hydroxylation is 1. The number of carbonyl (C=O) groups is 1. The lowest BCUT2D eigenvalue weighted by Crippen LogP contribution is -2.30. The fraction of sp³-hybridized carbons (Fsp3) is 0.267. The summed E-state index contributed by atoms with van der Waals surface area (Å²) >= 11 is 0. The standard InChI is InChI=1S/C15H17N3O3/c1-4-9(2)16-17-14(20)12-13(19)10-7-5-6-8-11(10)18(3)15(12)21/h5-8,19H,4H2,1-3H3,(H,17,20)/b16-9-. The van der Waals surface area contributed by atoms with Gasteiger partial charge in [-0.2, -0.15) is 5.10 Å². The molecular formula is C15H17N3O3. The van der Waals surface area contributed by atoms with Crippen LogP contribution in [0.1, 0.15) is 30.6 Å². The maximum absolute atomic E-state index is 12.3. The lowest BCUT2D eigenvalue weighted by atomic mass is 10.1. The van der Waals surface area contributed by atoms with Crippen LogP contribution < -0.4 is 11.0 Å². The summed E-state index contributed by atoms with van der Waals surface area (Å²) in [5.41, 5.74) is 2.72. The van der Waals surface area contributed by atoms with E-state index in [-0.39, 0.29) is 11.3 Å². The number of fused-ring (bicyclic) bond motifs is 1. The number of hydrogen-bond donors (Lipinski definition) is 2. The molecule has 1 heterocycles. The van der Waals surface area contributed by atoms with Crippen molar-refractivity contribution < 1.29 is 9.90 Å². The van der Waals surface area contributed by atoms with E-state index in [9.17, 15) is 14.7 Å². The molecule has 0 aliphatic rings. The van der Waals surface area contributed by atoms with Crippen LogP contribution in [0.15, 0.2) is 34.2 Å². The molecule has 0 bridgehead atoms. The van der Waals surface area contributed by atoms with Gasteiger partial charge in [0.1, 0.15) is 11.3 Å². The number of hydrazone groups is 1. The summed E-state index contributed by atoms with van der Waals surface area (Å²) in [5.74, 6) is -1.04. The van der Waals surface area contributed by atoms with Crippen LogP contribution in [0.25, 0.3) is 10.9 Å². The van der Waals surface area contributed by atoms with Gasteiger partial charge >= 0.3 is 0 Å². The van der Waals surface area contributed by atoms with E-state index < -0.39 is 11.5 Å². The van der Waals surface area contributed by atoms with Crippen molar-refractivity contribution in [3.63, 3.8) is 0 Å². The zero-order valence-electron chi connectivity index (χ0n) is 12.2. The Hall–Kier alpha value is -2.63. The molecule has 1 aromatic heterocycles. The van der Waals surface area contributed by atoms with Crippen molar-refractivity contribution in [2.24, 2.45) is 12.1 Å². The Balaban J connectivity index is 2.59. The maximum Gasteiger partial charge on any atom is 0.280 e. The summed E-state index contributed by atoms with van der Waals surface area (Å²) in [4.78, 5) is 24.4. The van der Waals surface area contributed by atoms with Gasteiger partial charge in [-0.3, -0.25) is 9.59 Å². The van der Waals surface area contributed by atoms with Crippen molar-refractivity contribution in [3.8, 4) is 5.75 Å². The zero-order valence-corrected chi connectivity index (χ0v) is 12.2. The van der Waals surface area contributed by atoms with E-state index in [1.54, 1.807) is 38.2 Å². The van der Waals surface area contributed by atoms with Gasteiger partial charge in [0.25, 0.3) is 11.5 Å². The van der Waals surface area contributed by atoms with Crippen LogP contribution in [0, 0.1) is 0 Å². The minimum absolute atomic E-state index is 0.302. The molecule has 0 aliphatic carbocycles. The summed E-state index contributed by atoms with van der Waals surface area (Å²) in [6.45, 7) is 3.66. The van der Waals surface area contributed by atoms with Gasteiger partial charge in [-0.1, -0.05) is 19.1 Å². The normalized spacial score (nSPS) is 11.7. The van der Waals surface area contributed by atoms with Crippen molar-refractivity contribution in [1.82, 2.24) is 9.99 Å². The molecule has 1 aromatic carbocycles. The van der Waals surface area contributed by atoms with Crippen LogP contribution >= 0.6 is 0 Å². The second-order valence-corrected chi connectivity index (χ2v) is 4.75. The molecule has 2 N–H and O–H groups in total. The summed E-state index contributed by atoms with van der Waals surface area (Å²) < 4.78 is 1.33. The summed E-state index contributed by atoms with van der Waals surface area (Å²) in [6.07, 6.45) is 0.683. The van der Waals surface area contributed by atoms with Gasteiger partial charge < -0.3 is 9.67 Å². The number of rotatable bonds is 3. The van der Waals surface area contributed by atoms with Gasteiger partial charge in [0.15, 0.2) is 0 Å². The molecule has 0 fully saturated rings. The van der Waals surface area contributed by atoms with Crippen molar-refractivity contribution in [2.45, 2.75) is 20.3 Å². The maximum atomic E-state index is 12.3. The van der Waals surface area contributed by atoms with Gasteiger partial charge in [-0.05, 0) is 25.5 Å². The number of benzene rings is 1. The Morgan fingerprint density at radius 2 is 2.05 bits per heavy atom. The van der Waals surface area contributed by atoms with Gasteiger partial charge in [-0.15, -0.1) is 0 Å². The predicted octanol–water partition coefficient (Wildman–Crippen LogP) is 1.76. The van der Waals surface area contributed by atoms with Crippen LogP contribution in [-0.4, -0.2) is 21.3 Å². The molecule has 0 aliphatic heterocycles. The van der Waals surface area contributed by atoms with E-state index in [1.807, 2.05) is 6.92 Å². The first-order chi connectivity index (χ1) is 9.97. The number of hydrogen-bond acceptors (Lipinski definition) is 4. The highest BCUT2D eigenvalue weighted by molar-refractivity contribution is 6.02. The Morgan fingerprint density at radius 1 is 1.38 bits per heavy atom. The van der Waals surface area contributed by atoms with Crippen LogP contribution in [-0.2, 0) is 7.05 Å². The van der Waals surface area contributed by atoms with Crippen molar-refractivity contribution in [2.75, 3.05) is 0 Å². The molecule has 6 nitrogen and oxygen atoms in total. The second-order valence-electron chi connectivity index (χ2n) is 4.75. The number of aromatic nitrogens is 1. The number of nitrogens with zero attached hydrogens (tertiary/aromatic N) is 2. The zero-order chi connectivity index (χ0) is 15.6. The second kappa shape index (κ2) is 5.78. The Kier molecular flexibility index (Phi) is 4.07. The molecular weight excluding hydrogens is 270 g/mol. The average molecular weight is 287 g/mol. The van der Waals surface area contributed by atoms with E-state index in [2.05, 4.69) is 10.5 Å². The third kappa shape index (κ3) is 2.65. The SMILES string of the molecule is CC/C(C)=N\NC(=O)c1c(O)c2ccccc2n(C)c1=O. The Morgan fingerprint density at radius 3 is 2.71 bits per heavy atom. The largest absolute Gasteiger partial charge is 0.506 e. The van der Waals surface area contributed by atoms with E-state index in [0.29, 0.717) is 17.3 Å². The number of carbonyl (C=O) groups excluding carboxylic acids is 1. The molecule has 0 atom stereocenters. The highest BCUT2D eigenvalue weighted by Gasteiger charge is 2.20. The van der Waals surface area contributed by atoms with Gasteiger partial charge in [0, 0.05) is 18.1 Å². The summed E-state index contributed by atoms with van der Waals surface area (Å²) in [6, 6.07) is 6.85. The molecule has 1 amide bonds. The third-order valence-corrected chi connectivity index (χ3v) is 3.36. The minimum Gasteiger partial charge on any atom is -0.506 e. The van der Waals surface area contributed by atoms with Crippen molar-refractivity contribution >= 4 is 22.5 Å². The smallest absolute Gasteiger partial charge is 0.280 e. The first-order valence-electron chi connectivity index (χ1n) is 6.61. The molecule has 0 saturated heterocycles. The van der Waals surface area contributed by atoms with E-state index in [4.69, 9.17) is 0 Å². The lowest BCUT2D eigenvalue weighted by molar-refractivity contribution is 0.0950. The number of para-hydroxylation sites is 1. The van der Waals surface area contributed by atoms with E-state index in [0.717, 1.165) is 5.71 Å². The molecule has 2 aromatic rings. The van der Waals surface area contributed by atoms with Crippen LogP contribution in [0.2, 0.25) is 0 Å². The van der Waals surface area contributed by atoms with Crippen LogP contribution in [0.3, 0.4) is 0 Å². The fourth-order valence-electron chi connectivity index (χ4n) is 1.97. The molecule has 0 spiro atoms.